The first-order valence-corrected chi connectivity index (χ1v) is 12.6. The first-order valence-electron chi connectivity index (χ1n) is 11.4. The van der Waals surface area contributed by atoms with Crippen molar-refractivity contribution < 1.29 is 4.52 Å². The van der Waals surface area contributed by atoms with Crippen LogP contribution in [0.15, 0.2) is 30.3 Å². The van der Waals surface area contributed by atoms with Crippen molar-refractivity contribution in [3.63, 3.8) is 0 Å². The third-order valence-corrected chi connectivity index (χ3v) is 8.96. The van der Waals surface area contributed by atoms with E-state index in [0.717, 1.165) is 25.7 Å². The highest BCUT2D eigenvalue weighted by Crippen LogP contribution is 2.54. The topological polar surface area (TPSA) is 15.7 Å². The zero-order chi connectivity index (χ0) is 21.3. The Morgan fingerprint density at radius 3 is 1.36 bits per heavy atom. The molecule has 5 atom stereocenters. The lowest BCUT2D eigenvalue weighted by molar-refractivity contribution is 0.135. The molecule has 28 heavy (non-hydrogen) atoms. The average Bonchev–Trinajstić information content (AvgIpc) is 2.73. The zero-order valence-corrected chi connectivity index (χ0v) is 20.7. The minimum absolute atomic E-state index is 0.0820. The number of hydrogen-bond acceptors (Lipinski definition) is 3. The SMILES string of the molecule is CCC(C)N(C(C)CC)P(OC(C)c1ccccc1)N(C(C)CC)C(C)CC. The maximum Gasteiger partial charge on any atom is 0.189 e. The van der Waals surface area contributed by atoms with Crippen LogP contribution in [-0.2, 0) is 4.52 Å². The van der Waals surface area contributed by atoms with Gasteiger partial charge in [0.1, 0.15) is 0 Å². The molecule has 0 radical (unpaired) electrons. The summed E-state index contributed by atoms with van der Waals surface area (Å²) in [6.45, 7) is 20.9. The Labute approximate surface area is 176 Å². The van der Waals surface area contributed by atoms with Crippen molar-refractivity contribution in [1.82, 2.24) is 9.34 Å². The Morgan fingerprint density at radius 1 is 0.679 bits per heavy atom. The molecule has 5 unspecified atom stereocenters. The van der Waals surface area contributed by atoms with Crippen LogP contribution in [0.25, 0.3) is 0 Å². The van der Waals surface area contributed by atoms with Gasteiger partial charge >= 0.3 is 0 Å². The van der Waals surface area contributed by atoms with E-state index in [1.807, 2.05) is 0 Å². The highest BCUT2D eigenvalue weighted by molar-refractivity contribution is 7.47. The smallest absolute Gasteiger partial charge is 0.189 e. The molecule has 0 amide bonds. The van der Waals surface area contributed by atoms with E-state index in [9.17, 15) is 0 Å². The molecule has 1 rings (SSSR count). The number of nitrogens with zero attached hydrogens (tertiary/aromatic N) is 2. The molecular formula is C24H45N2OP. The monoisotopic (exact) mass is 408 g/mol. The van der Waals surface area contributed by atoms with Crippen molar-refractivity contribution in [1.29, 1.82) is 0 Å². The normalized spacial score (nSPS) is 18.7. The second-order valence-corrected chi connectivity index (χ2v) is 9.84. The van der Waals surface area contributed by atoms with E-state index in [-0.39, 0.29) is 6.10 Å². The fourth-order valence-corrected chi connectivity index (χ4v) is 6.31. The van der Waals surface area contributed by atoms with Gasteiger partial charge in [-0.3, -0.25) is 0 Å². The van der Waals surface area contributed by atoms with Crippen LogP contribution in [0.1, 0.15) is 99.7 Å². The Balaban J connectivity index is 3.36. The van der Waals surface area contributed by atoms with Gasteiger partial charge < -0.3 is 4.52 Å². The summed E-state index contributed by atoms with van der Waals surface area (Å²) >= 11 is 0. The number of hydrogen-bond donors (Lipinski definition) is 0. The fourth-order valence-electron chi connectivity index (χ4n) is 3.45. The van der Waals surface area contributed by atoms with Crippen LogP contribution in [0, 0.1) is 0 Å². The number of rotatable bonds is 13. The van der Waals surface area contributed by atoms with Gasteiger partial charge in [-0.15, -0.1) is 0 Å². The summed E-state index contributed by atoms with van der Waals surface area (Å²) in [6.07, 6.45) is 4.64. The molecule has 0 heterocycles. The summed E-state index contributed by atoms with van der Waals surface area (Å²) in [5, 5.41) is 0. The molecule has 0 aliphatic carbocycles. The van der Waals surface area contributed by atoms with Crippen molar-refractivity contribution in [3.05, 3.63) is 35.9 Å². The fraction of sp³-hybridized carbons (Fsp3) is 0.750. The second kappa shape index (κ2) is 13.0. The van der Waals surface area contributed by atoms with Crippen molar-refractivity contribution >= 4 is 8.45 Å². The molecule has 0 fully saturated rings. The van der Waals surface area contributed by atoms with Gasteiger partial charge in [-0.2, -0.15) is 0 Å². The first-order chi connectivity index (χ1) is 13.3. The molecule has 4 heteroatoms. The van der Waals surface area contributed by atoms with Gasteiger partial charge in [0.2, 0.25) is 0 Å². The van der Waals surface area contributed by atoms with E-state index in [1.165, 1.54) is 5.56 Å². The Bertz CT molecular complexity index is 483. The maximum atomic E-state index is 6.97. The molecule has 1 aromatic rings. The van der Waals surface area contributed by atoms with Crippen molar-refractivity contribution in [2.45, 2.75) is 118 Å². The van der Waals surface area contributed by atoms with Crippen LogP contribution in [0.3, 0.4) is 0 Å². The molecule has 0 bridgehead atoms. The predicted molar refractivity (Wildman–Crippen MR) is 126 cm³/mol. The van der Waals surface area contributed by atoms with E-state index in [0.29, 0.717) is 24.2 Å². The molecular weight excluding hydrogens is 363 g/mol. The summed E-state index contributed by atoms with van der Waals surface area (Å²) in [5.74, 6) is 0. The zero-order valence-electron chi connectivity index (χ0n) is 19.9. The molecule has 0 N–H and O–H groups in total. The van der Waals surface area contributed by atoms with Crippen LogP contribution < -0.4 is 0 Å². The van der Waals surface area contributed by atoms with Crippen LogP contribution in [-0.4, -0.2) is 33.5 Å². The molecule has 0 aromatic heterocycles. The van der Waals surface area contributed by atoms with Crippen molar-refractivity contribution in [2.75, 3.05) is 0 Å². The van der Waals surface area contributed by atoms with Crippen LogP contribution in [0.5, 0.6) is 0 Å². The lowest BCUT2D eigenvalue weighted by atomic mass is 10.1. The quantitative estimate of drug-likeness (QED) is 0.310. The van der Waals surface area contributed by atoms with Gasteiger partial charge in [0.05, 0.1) is 6.10 Å². The molecule has 1 aromatic carbocycles. The summed E-state index contributed by atoms with van der Waals surface area (Å²) < 4.78 is 12.3. The van der Waals surface area contributed by atoms with Crippen LogP contribution in [0.4, 0.5) is 0 Å². The highest BCUT2D eigenvalue weighted by atomic mass is 31.2. The van der Waals surface area contributed by atoms with Gasteiger partial charge in [-0.1, -0.05) is 58.0 Å². The first kappa shape index (κ1) is 25.6. The Hall–Kier alpha value is -0.470. The highest BCUT2D eigenvalue weighted by Gasteiger charge is 2.38. The van der Waals surface area contributed by atoms with Crippen LogP contribution in [0.2, 0.25) is 0 Å². The maximum absolute atomic E-state index is 6.97. The third kappa shape index (κ3) is 6.80. The molecule has 0 saturated heterocycles. The second-order valence-electron chi connectivity index (χ2n) is 8.20. The Morgan fingerprint density at radius 2 is 1.04 bits per heavy atom. The average molecular weight is 409 g/mol. The van der Waals surface area contributed by atoms with Gasteiger partial charge in [-0.25, -0.2) is 9.34 Å². The third-order valence-electron chi connectivity index (χ3n) is 6.09. The molecule has 0 aliphatic heterocycles. The van der Waals surface area contributed by atoms with Gasteiger partial charge in [0.25, 0.3) is 0 Å². The molecule has 162 valence electrons. The van der Waals surface area contributed by atoms with E-state index >= 15 is 0 Å². The van der Waals surface area contributed by atoms with Crippen molar-refractivity contribution in [2.24, 2.45) is 0 Å². The number of benzene rings is 1. The largest absolute Gasteiger partial charge is 0.323 e. The van der Waals surface area contributed by atoms with E-state index in [2.05, 4.69) is 102 Å². The van der Waals surface area contributed by atoms with Gasteiger partial charge in [-0.05, 0) is 65.9 Å². The summed E-state index contributed by atoms with van der Waals surface area (Å²) in [7, 11) is -0.865. The molecule has 0 saturated carbocycles. The molecule has 3 nitrogen and oxygen atoms in total. The minimum Gasteiger partial charge on any atom is -0.323 e. The summed E-state index contributed by atoms with van der Waals surface area (Å²) in [4.78, 5) is 0. The van der Waals surface area contributed by atoms with E-state index < -0.39 is 8.45 Å². The summed E-state index contributed by atoms with van der Waals surface area (Å²) in [5.41, 5.74) is 1.26. The van der Waals surface area contributed by atoms with Gasteiger partial charge in [0, 0.05) is 24.2 Å². The van der Waals surface area contributed by atoms with Crippen LogP contribution >= 0.6 is 8.45 Å². The lowest BCUT2D eigenvalue weighted by Crippen LogP contribution is -2.45. The Kier molecular flexibility index (Phi) is 11.8. The van der Waals surface area contributed by atoms with Gasteiger partial charge in [0.15, 0.2) is 8.45 Å². The molecule has 0 aliphatic rings. The van der Waals surface area contributed by atoms with E-state index in [1.54, 1.807) is 0 Å². The standard InChI is InChI=1S/C24H45N2OP/c1-10-19(5)25(20(6)11-2)28(26(21(7)12-3)22(8)13-4)27-23(9)24-17-15-14-16-18-24/h14-23H,10-13H2,1-9H3. The summed E-state index contributed by atoms with van der Waals surface area (Å²) in [6, 6.07) is 12.7. The molecule has 0 spiro atoms. The minimum atomic E-state index is -0.865. The predicted octanol–water partition coefficient (Wildman–Crippen LogP) is 7.79. The van der Waals surface area contributed by atoms with E-state index in [4.69, 9.17) is 4.52 Å². The van der Waals surface area contributed by atoms with Crippen molar-refractivity contribution in [3.8, 4) is 0 Å². The lowest BCUT2D eigenvalue weighted by Gasteiger charge is -2.48.